The molecule has 0 aliphatic carbocycles. The zero-order valence-electron chi connectivity index (χ0n) is 14.8. The van der Waals surface area contributed by atoms with E-state index in [1.54, 1.807) is 28.0 Å². The zero-order chi connectivity index (χ0) is 20.8. The molecule has 0 atom stereocenters. The Labute approximate surface area is 172 Å². The molecule has 1 fully saturated rings. The average molecular weight is 444 g/mol. The number of alkyl halides is 3. The lowest BCUT2D eigenvalue weighted by atomic mass is 10.2. The molecular formula is C19H14ClF4N3OS. The first-order valence-corrected chi connectivity index (χ1v) is 9.88. The third kappa shape index (κ3) is 3.89. The van der Waals surface area contributed by atoms with E-state index in [9.17, 15) is 22.4 Å². The molecule has 2 aromatic heterocycles. The first kappa shape index (κ1) is 19.9. The van der Waals surface area contributed by atoms with Crippen LogP contribution in [0.2, 0.25) is 5.02 Å². The number of halogens is 5. The average Bonchev–Trinajstić information content (AvgIpc) is 3.12. The van der Waals surface area contributed by atoms with E-state index < -0.39 is 11.7 Å². The van der Waals surface area contributed by atoms with Crippen molar-refractivity contribution in [1.82, 2.24) is 9.88 Å². The first-order valence-electron chi connectivity index (χ1n) is 8.69. The summed E-state index contributed by atoms with van der Waals surface area (Å²) < 4.78 is 52.9. The van der Waals surface area contributed by atoms with Crippen LogP contribution in [-0.2, 0) is 6.18 Å². The number of piperazine rings is 1. The van der Waals surface area contributed by atoms with Crippen LogP contribution < -0.4 is 4.90 Å². The van der Waals surface area contributed by atoms with Gasteiger partial charge in [0.1, 0.15) is 11.6 Å². The number of anilines is 1. The van der Waals surface area contributed by atoms with Crippen molar-refractivity contribution >= 4 is 44.7 Å². The van der Waals surface area contributed by atoms with Gasteiger partial charge >= 0.3 is 6.18 Å². The highest BCUT2D eigenvalue weighted by atomic mass is 35.5. The van der Waals surface area contributed by atoms with Crippen LogP contribution >= 0.6 is 22.9 Å². The maximum atomic E-state index is 13.9. The number of amides is 1. The minimum Gasteiger partial charge on any atom is -0.352 e. The SMILES string of the molecule is O=C(c1cc2c(F)cccc2s1)N1CCN(c2ncc(C(F)(F)F)cc2Cl)CC1. The highest BCUT2D eigenvalue weighted by Crippen LogP contribution is 2.34. The van der Waals surface area contributed by atoms with Gasteiger partial charge in [-0.1, -0.05) is 17.7 Å². The fourth-order valence-electron chi connectivity index (χ4n) is 3.23. The Balaban J connectivity index is 1.46. The van der Waals surface area contributed by atoms with Gasteiger partial charge in [-0.05, 0) is 24.3 Å². The monoisotopic (exact) mass is 443 g/mol. The molecule has 0 unspecified atom stereocenters. The van der Waals surface area contributed by atoms with Gasteiger partial charge in [0.2, 0.25) is 0 Å². The number of benzene rings is 1. The number of rotatable bonds is 2. The van der Waals surface area contributed by atoms with Crippen LogP contribution in [0, 0.1) is 5.82 Å². The molecule has 0 bridgehead atoms. The van der Waals surface area contributed by atoms with Gasteiger partial charge in [0.15, 0.2) is 0 Å². The molecule has 3 heterocycles. The van der Waals surface area contributed by atoms with Crippen LogP contribution in [0.25, 0.3) is 10.1 Å². The van der Waals surface area contributed by atoms with Crippen molar-refractivity contribution in [2.75, 3.05) is 31.1 Å². The Morgan fingerprint density at radius 3 is 2.48 bits per heavy atom. The van der Waals surface area contributed by atoms with Gasteiger partial charge in [0, 0.05) is 42.5 Å². The largest absolute Gasteiger partial charge is 0.417 e. The highest BCUT2D eigenvalue weighted by Gasteiger charge is 2.32. The van der Waals surface area contributed by atoms with Crippen molar-refractivity contribution in [3.8, 4) is 0 Å². The lowest BCUT2D eigenvalue weighted by Gasteiger charge is -2.35. The summed E-state index contributed by atoms with van der Waals surface area (Å²) in [7, 11) is 0. The fourth-order valence-corrected chi connectivity index (χ4v) is 4.56. The number of hydrogen-bond acceptors (Lipinski definition) is 4. The van der Waals surface area contributed by atoms with Crippen LogP contribution in [0.15, 0.2) is 36.5 Å². The van der Waals surface area contributed by atoms with Crippen molar-refractivity contribution in [2.24, 2.45) is 0 Å². The van der Waals surface area contributed by atoms with E-state index in [1.165, 1.54) is 17.4 Å². The fraction of sp³-hybridized carbons (Fsp3) is 0.263. The molecule has 29 heavy (non-hydrogen) atoms. The van der Waals surface area contributed by atoms with Crippen molar-refractivity contribution in [3.05, 3.63) is 57.8 Å². The van der Waals surface area contributed by atoms with E-state index in [0.717, 1.165) is 12.3 Å². The van der Waals surface area contributed by atoms with E-state index in [4.69, 9.17) is 11.6 Å². The van der Waals surface area contributed by atoms with Crippen LogP contribution in [0.3, 0.4) is 0 Å². The van der Waals surface area contributed by atoms with Gasteiger partial charge in [-0.25, -0.2) is 9.37 Å². The van der Waals surface area contributed by atoms with Crippen molar-refractivity contribution in [1.29, 1.82) is 0 Å². The standard InChI is InChI=1S/C19H14ClF4N3OS/c20-13-8-11(19(22,23)24)10-25-17(13)26-4-6-27(7-5-26)18(28)16-9-12-14(21)2-1-3-15(12)29-16/h1-3,8-10H,4-7H2. The van der Waals surface area contributed by atoms with Gasteiger partial charge in [-0.15, -0.1) is 11.3 Å². The number of thiophene rings is 1. The number of hydrogen-bond donors (Lipinski definition) is 0. The molecule has 4 nitrogen and oxygen atoms in total. The Bertz CT molecular complexity index is 1080. The van der Waals surface area contributed by atoms with Crippen LogP contribution in [0.4, 0.5) is 23.4 Å². The molecule has 1 saturated heterocycles. The number of pyridine rings is 1. The maximum absolute atomic E-state index is 13.9. The zero-order valence-corrected chi connectivity index (χ0v) is 16.4. The molecule has 1 aliphatic rings. The van der Waals surface area contributed by atoms with Crippen LogP contribution in [-0.4, -0.2) is 42.0 Å². The van der Waals surface area contributed by atoms with E-state index in [1.807, 2.05) is 0 Å². The molecular weight excluding hydrogens is 430 g/mol. The first-order chi connectivity index (χ1) is 13.7. The second kappa shape index (κ2) is 7.46. The molecule has 152 valence electrons. The molecule has 0 saturated carbocycles. The van der Waals surface area contributed by atoms with Crippen molar-refractivity contribution in [3.63, 3.8) is 0 Å². The lowest BCUT2D eigenvalue weighted by molar-refractivity contribution is -0.137. The molecule has 1 aromatic carbocycles. The lowest BCUT2D eigenvalue weighted by Crippen LogP contribution is -2.49. The molecule has 1 aliphatic heterocycles. The molecule has 0 spiro atoms. The predicted octanol–water partition coefficient (Wildman–Crippen LogP) is 5.07. The van der Waals surface area contributed by atoms with E-state index >= 15 is 0 Å². The number of nitrogens with zero attached hydrogens (tertiary/aromatic N) is 3. The molecule has 0 N–H and O–H groups in total. The third-order valence-electron chi connectivity index (χ3n) is 4.73. The van der Waals surface area contributed by atoms with Crippen molar-refractivity contribution in [2.45, 2.75) is 6.18 Å². The van der Waals surface area contributed by atoms with Crippen LogP contribution in [0.1, 0.15) is 15.2 Å². The minimum atomic E-state index is -4.51. The molecule has 1 amide bonds. The Morgan fingerprint density at radius 2 is 1.86 bits per heavy atom. The second-order valence-electron chi connectivity index (χ2n) is 6.57. The van der Waals surface area contributed by atoms with Gasteiger partial charge in [-0.3, -0.25) is 4.79 Å². The predicted molar refractivity (Wildman–Crippen MR) is 104 cm³/mol. The molecule has 3 aromatic rings. The quantitative estimate of drug-likeness (QED) is 0.519. The van der Waals surface area contributed by atoms with Gasteiger partial charge < -0.3 is 9.80 Å². The summed E-state index contributed by atoms with van der Waals surface area (Å²) >= 11 is 7.24. The normalized spacial score (nSPS) is 15.2. The van der Waals surface area contributed by atoms with Crippen LogP contribution in [0.5, 0.6) is 0 Å². The smallest absolute Gasteiger partial charge is 0.352 e. The van der Waals surface area contributed by atoms with Gasteiger partial charge in [0.05, 0.1) is 15.5 Å². The number of fused-ring (bicyclic) bond motifs is 1. The third-order valence-corrected chi connectivity index (χ3v) is 6.10. The second-order valence-corrected chi connectivity index (χ2v) is 8.06. The maximum Gasteiger partial charge on any atom is 0.417 e. The summed E-state index contributed by atoms with van der Waals surface area (Å²) in [4.78, 5) is 20.5. The van der Waals surface area contributed by atoms with E-state index in [-0.39, 0.29) is 22.6 Å². The Hall–Kier alpha value is -2.39. The molecule has 4 rings (SSSR count). The van der Waals surface area contributed by atoms with Gasteiger partial charge in [0.25, 0.3) is 5.91 Å². The summed E-state index contributed by atoms with van der Waals surface area (Å²) in [5.41, 5.74) is -0.906. The highest BCUT2D eigenvalue weighted by molar-refractivity contribution is 7.20. The summed E-state index contributed by atoms with van der Waals surface area (Å²) in [6.07, 6.45) is -3.76. The van der Waals surface area contributed by atoms with Gasteiger partial charge in [-0.2, -0.15) is 13.2 Å². The van der Waals surface area contributed by atoms with E-state index in [0.29, 0.717) is 41.1 Å². The number of carbonyl (C=O) groups is 1. The Morgan fingerprint density at radius 1 is 1.14 bits per heavy atom. The van der Waals surface area contributed by atoms with E-state index in [2.05, 4.69) is 4.98 Å². The topological polar surface area (TPSA) is 36.4 Å². The number of aromatic nitrogens is 1. The Kier molecular flexibility index (Phi) is 5.12. The minimum absolute atomic E-state index is 0.0837. The summed E-state index contributed by atoms with van der Waals surface area (Å²) in [6, 6.07) is 7.12. The van der Waals surface area contributed by atoms with Crippen molar-refractivity contribution < 1.29 is 22.4 Å². The summed E-state index contributed by atoms with van der Waals surface area (Å²) in [5.74, 6) is -0.307. The number of carbonyl (C=O) groups excluding carboxylic acids is 1. The molecule has 10 heteroatoms. The molecule has 0 radical (unpaired) electrons. The summed E-state index contributed by atoms with van der Waals surface area (Å²) in [5, 5.41) is 0.333. The summed E-state index contributed by atoms with van der Waals surface area (Å²) in [6.45, 7) is 1.47.